The van der Waals surface area contributed by atoms with E-state index in [1.54, 1.807) is 6.07 Å². The van der Waals surface area contributed by atoms with E-state index >= 15 is 0 Å². The minimum atomic E-state index is -0.926. The fourth-order valence-corrected chi connectivity index (χ4v) is 1.60. The number of carbonyl (C=O) groups is 1. The van der Waals surface area contributed by atoms with Crippen LogP contribution in [-0.2, 0) is 21.3 Å². The number of hydrogen-bond acceptors (Lipinski definition) is 4. The minimum absolute atomic E-state index is 0.149. The summed E-state index contributed by atoms with van der Waals surface area (Å²) in [7, 11) is 0.361. The summed E-state index contributed by atoms with van der Waals surface area (Å²) >= 11 is 0. The highest BCUT2D eigenvalue weighted by Gasteiger charge is 2.11. The maximum Gasteiger partial charge on any atom is 0.373 e. The highest BCUT2D eigenvalue weighted by molar-refractivity contribution is 7.84. The molecule has 1 aromatic rings. The molecule has 1 heterocycles. The van der Waals surface area contributed by atoms with Crippen LogP contribution in [0.5, 0.6) is 0 Å². The Bertz CT molecular complexity index is 342. The molecule has 1 aromatic heterocycles. The first-order chi connectivity index (χ1) is 6.67. The second-order valence-corrected chi connectivity index (χ2v) is 4.38. The van der Waals surface area contributed by atoms with Gasteiger partial charge in [0.25, 0.3) is 0 Å². The summed E-state index contributed by atoms with van der Waals surface area (Å²) in [4.78, 5) is 11.0. The average Bonchev–Trinajstić information content (AvgIpc) is 2.65. The molecule has 4 nitrogen and oxygen atoms in total. The molecule has 0 aliphatic carbocycles. The quantitative estimate of drug-likeness (QED) is 0.712. The van der Waals surface area contributed by atoms with E-state index in [9.17, 15) is 9.00 Å². The van der Waals surface area contributed by atoms with Gasteiger partial charge in [0.15, 0.2) is 0 Å². The topological polar surface area (TPSA) is 56.5 Å². The zero-order valence-electron chi connectivity index (χ0n) is 8.11. The third kappa shape index (κ3) is 2.70. The first kappa shape index (κ1) is 11.0. The van der Waals surface area contributed by atoms with Gasteiger partial charge < -0.3 is 9.15 Å². The molecule has 1 atom stereocenters. The predicted octanol–water partition coefficient (Wildman–Crippen LogP) is 1.33. The van der Waals surface area contributed by atoms with Crippen LogP contribution >= 0.6 is 0 Å². The van der Waals surface area contributed by atoms with Crippen LogP contribution in [-0.4, -0.2) is 23.0 Å². The van der Waals surface area contributed by atoms with E-state index in [4.69, 9.17) is 4.42 Å². The van der Waals surface area contributed by atoms with Crippen molar-refractivity contribution in [1.29, 1.82) is 0 Å². The largest absolute Gasteiger partial charge is 0.463 e. The zero-order valence-corrected chi connectivity index (χ0v) is 8.93. The molecule has 5 heteroatoms. The number of carbonyl (C=O) groups excluding carboxylic acids is 1. The Balaban J connectivity index is 2.68. The standard InChI is InChI=1S/C9H12O4S/c1-3-14(11)6-7-4-5-8(13-7)9(10)12-2/h4-5H,3,6H2,1-2H3. The molecule has 1 rings (SSSR count). The Morgan fingerprint density at radius 2 is 2.29 bits per heavy atom. The summed E-state index contributed by atoms with van der Waals surface area (Å²) in [6.07, 6.45) is 0. The fourth-order valence-electron chi connectivity index (χ4n) is 0.927. The average molecular weight is 216 g/mol. The minimum Gasteiger partial charge on any atom is -0.463 e. The van der Waals surface area contributed by atoms with Crippen molar-refractivity contribution in [2.45, 2.75) is 12.7 Å². The molecular weight excluding hydrogens is 204 g/mol. The number of methoxy groups -OCH3 is 1. The van der Waals surface area contributed by atoms with Gasteiger partial charge in [0.05, 0.1) is 12.9 Å². The number of ether oxygens (including phenoxy) is 1. The Morgan fingerprint density at radius 3 is 2.86 bits per heavy atom. The van der Waals surface area contributed by atoms with Gasteiger partial charge in [0.2, 0.25) is 5.76 Å². The maximum absolute atomic E-state index is 11.2. The van der Waals surface area contributed by atoms with Gasteiger partial charge in [-0.15, -0.1) is 0 Å². The van der Waals surface area contributed by atoms with Gasteiger partial charge in [-0.25, -0.2) is 4.79 Å². The van der Waals surface area contributed by atoms with E-state index in [0.717, 1.165) is 0 Å². The molecule has 0 spiro atoms. The summed E-state index contributed by atoms with van der Waals surface area (Å²) < 4.78 is 20.8. The number of esters is 1. The zero-order chi connectivity index (χ0) is 10.6. The first-order valence-corrected chi connectivity index (χ1v) is 5.68. The lowest BCUT2D eigenvalue weighted by Crippen LogP contribution is -1.99. The van der Waals surface area contributed by atoms with Crippen molar-refractivity contribution in [2.75, 3.05) is 12.9 Å². The second-order valence-electron chi connectivity index (χ2n) is 2.63. The molecule has 78 valence electrons. The summed E-state index contributed by atoms with van der Waals surface area (Å²) in [5.74, 6) is 1.10. The van der Waals surface area contributed by atoms with Crippen molar-refractivity contribution >= 4 is 16.8 Å². The normalized spacial score (nSPS) is 12.4. The van der Waals surface area contributed by atoms with E-state index in [2.05, 4.69) is 4.74 Å². The highest BCUT2D eigenvalue weighted by Crippen LogP contribution is 2.11. The molecule has 0 radical (unpaired) electrons. The Hall–Kier alpha value is -1.10. The molecular formula is C9H12O4S. The third-order valence-corrected chi connectivity index (χ3v) is 2.92. The van der Waals surface area contributed by atoms with Crippen molar-refractivity contribution in [3.8, 4) is 0 Å². The summed E-state index contributed by atoms with van der Waals surface area (Å²) in [6, 6.07) is 3.16. The molecule has 0 N–H and O–H groups in total. The van der Waals surface area contributed by atoms with Crippen molar-refractivity contribution in [3.63, 3.8) is 0 Å². The van der Waals surface area contributed by atoms with Crippen LogP contribution in [0.4, 0.5) is 0 Å². The SMILES string of the molecule is CCS(=O)Cc1ccc(C(=O)OC)o1. The van der Waals surface area contributed by atoms with Gasteiger partial charge in [-0.05, 0) is 12.1 Å². The molecule has 0 saturated heterocycles. The van der Waals surface area contributed by atoms with Gasteiger partial charge in [0.1, 0.15) is 5.76 Å². The second kappa shape index (κ2) is 4.95. The molecule has 0 saturated carbocycles. The van der Waals surface area contributed by atoms with Crippen LogP contribution in [0.15, 0.2) is 16.5 Å². The van der Waals surface area contributed by atoms with E-state index in [1.165, 1.54) is 13.2 Å². The molecule has 0 bridgehead atoms. The summed E-state index contributed by atoms with van der Waals surface area (Å²) in [6.45, 7) is 1.83. The van der Waals surface area contributed by atoms with Crippen molar-refractivity contribution in [3.05, 3.63) is 23.7 Å². The van der Waals surface area contributed by atoms with E-state index < -0.39 is 16.8 Å². The number of hydrogen-bond donors (Lipinski definition) is 0. The molecule has 0 amide bonds. The van der Waals surface area contributed by atoms with Crippen LogP contribution in [0, 0.1) is 0 Å². The van der Waals surface area contributed by atoms with Crippen LogP contribution in [0.3, 0.4) is 0 Å². The highest BCUT2D eigenvalue weighted by atomic mass is 32.2. The van der Waals surface area contributed by atoms with Gasteiger partial charge in [-0.1, -0.05) is 6.92 Å². The van der Waals surface area contributed by atoms with Crippen molar-refractivity contribution < 1.29 is 18.2 Å². The van der Waals surface area contributed by atoms with Crippen molar-refractivity contribution in [2.24, 2.45) is 0 Å². The summed E-state index contributed by atoms with van der Waals surface area (Å²) in [5.41, 5.74) is 0. The Morgan fingerprint density at radius 1 is 1.57 bits per heavy atom. The monoisotopic (exact) mass is 216 g/mol. The van der Waals surface area contributed by atoms with Crippen LogP contribution in [0.2, 0.25) is 0 Å². The molecule has 0 fully saturated rings. The first-order valence-electron chi connectivity index (χ1n) is 4.19. The van der Waals surface area contributed by atoms with Crippen molar-refractivity contribution in [1.82, 2.24) is 0 Å². The fraction of sp³-hybridized carbons (Fsp3) is 0.444. The molecule has 14 heavy (non-hydrogen) atoms. The van der Waals surface area contributed by atoms with E-state index in [0.29, 0.717) is 17.3 Å². The van der Waals surface area contributed by atoms with Gasteiger partial charge in [-0.2, -0.15) is 0 Å². The molecule has 0 aliphatic rings. The lowest BCUT2D eigenvalue weighted by atomic mass is 10.4. The number of furan rings is 1. The summed E-state index contributed by atoms with van der Waals surface area (Å²) in [5, 5.41) is 0. The van der Waals surface area contributed by atoms with Gasteiger partial charge in [-0.3, -0.25) is 4.21 Å². The smallest absolute Gasteiger partial charge is 0.373 e. The molecule has 1 unspecified atom stereocenters. The third-order valence-electron chi connectivity index (χ3n) is 1.67. The lowest BCUT2D eigenvalue weighted by molar-refractivity contribution is 0.0563. The van der Waals surface area contributed by atoms with Crippen LogP contribution in [0.1, 0.15) is 23.2 Å². The lowest BCUT2D eigenvalue weighted by Gasteiger charge is -1.95. The van der Waals surface area contributed by atoms with Gasteiger partial charge >= 0.3 is 5.97 Å². The molecule has 0 aromatic carbocycles. The Kier molecular flexibility index (Phi) is 3.88. The predicted molar refractivity (Wildman–Crippen MR) is 52.4 cm³/mol. The molecule has 0 aliphatic heterocycles. The number of rotatable bonds is 4. The van der Waals surface area contributed by atoms with Gasteiger partial charge in [0, 0.05) is 16.6 Å². The van der Waals surface area contributed by atoms with E-state index in [-0.39, 0.29) is 5.76 Å². The van der Waals surface area contributed by atoms with E-state index in [1.807, 2.05) is 6.92 Å². The van der Waals surface area contributed by atoms with Crippen LogP contribution in [0.25, 0.3) is 0 Å². The van der Waals surface area contributed by atoms with Crippen LogP contribution < -0.4 is 0 Å². The maximum atomic E-state index is 11.2. The Labute approximate surface area is 84.7 Å².